The SMILES string of the molecule is CCN(CC1OCCO1)C[C@H](C)O. The number of rotatable bonds is 5. The summed E-state index contributed by atoms with van der Waals surface area (Å²) in [5.41, 5.74) is 0. The topological polar surface area (TPSA) is 41.9 Å². The van der Waals surface area contributed by atoms with Gasteiger partial charge in [-0.05, 0) is 13.5 Å². The number of hydrogen-bond donors (Lipinski definition) is 1. The molecule has 1 aliphatic rings. The molecule has 0 aliphatic carbocycles. The van der Waals surface area contributed by atoms with E-state index in [1.807, 2.05) is 0 Å². The zero-order chi connectivity index (χ0) is 9.68. The van der Waals surface area contributed by atoms with Crippen molar-refractivity contribution in [2.24, 2.45) is 0 Å². The third-order valence-electron chi connectivity index (χ3n) is 2.07. The summed E-state index contributed by atoms with van der Waals surface area (Å²) in [5, 5.41) is 9.20. The van der Waals surface area contributed by atoms with Gasteiger partial charge in [-0.15, -0.1) is 0 Å². The summed E-state index contributed by atoms with van der Waals surface area (Å²) in [4.78, 5) is 2.13. The Morgan fingerprint density at radius 3 is 2.54 bits per heavy atom. The maximum absolute atomic E-state index is 9.20. The van der Waals surface area contributed by atoms with Gasteiger partial charge in [-0.1, -0.05) is 6.92 Å². The first-order valence-electron chi connectivity index (χ1n) is 4.86. The molecule has 1 heterocycles. The van der Waals surface area contributed by atoms with Gasteiger partial charge in [0, 0.05) is 13.1 Å². The molecule has 78 valence electrons. The lowest BCUT2D eigenvalue weighted by Crippen LogP contribution is -2.37. The molecule has 4 nitrogen and oxygen atoms in total. The largest absolute Gasteiger partial charge is 0.392 e. The average Bonchev–Trinajstić information content (AvgIpc) is 2.55. The molecule has 4 heteroatoms. The highest BCUT2D eigenvalue weighted by atomic mass is 16.7. The molecule has 13 heavy (non-hydrogen) atoms. The molecule has 0 bridgehead atoms. The monoisotopic (exact) mass is 189 g/mol. The molecule has 0 aromatic rings. The Bertz CT molecular complexity index is 135. The van der Waals surface area contributed by atoms with Gasteiger partial charge in [-0.3, -0.25) is 4.90 Å². The number of ether oxygens (including phenoxy) is 2. The lowest BCUT2D eigenvalue weighted by Gasteiger charge is -2.24. The summed E-state index contributed by atoms with van der Waals surface area (Å²) in [6, 6.07) is 0. The Labute approximate surface area is 79.4 Å². The van der Waals surface area contributed by atoms with Crippen LogP contribution in [0.2, 0.25) is 0 Å². The Hall–Kier alpha value is -0.160. The van der Waals surface area contributed by atoms with Gasteiger partial charge in [-0.25, -0.2) is 0 Å². The number of likely N-dealkylation sites (N-methyl/N-ethyl adjacent to an activating group) is 1. The van der Waals surface area contributed by atoms with Gasteiger partial charge < -0.3 is 14.6 Å². The fraction of sp³-hybridized carbons (Fsp3) is 1.00. The Balaban J connectivity index is 2.21. The van der Waals surface area contributed by atoms with Crippen LogP contribution >= 0.6 is 0 Å². The minimum Gasteiger partial charge on any atom is -0.392 e. The van der Waals surface area contributed by atoms with Gasteiger partial charge in [0.1, 0.15) is 0 Å². The molecule has 0 aromatic carbocycles. The molecule has 0 amide bonds. The lowest BCUT2D eigenvalue weighted by atomic mass is 10.3. The van der Waals surface area contributed by atoms with Gasteiger partial charge >= 0.3 is 0 Å². The van der Waals surface area contributed by atoms with E-state index in [4.69, 9.17) is 9.47 Å². The molecule has 0 unspecified atom stereocenters. The Morgan fingerprint density at radius 1 is 1.46 bits per heavy atom. The van der Waals surface area contributed by atoms with Crippen molar-refractivity contribution < 1.29 is 14.6 Å². The van der Waals surface area contributed by atoms with E-state index in [9.17, 15) is 5.11 Å². The van der Waals surface area contributed by atoms with E-state index in [-0.39, 0.29) is 12.4 Å². The van der Waals surface area contributed by atoms with Crippen LogP contribution in [0.15, 0.2) is 0 Å². The zero-order valence-corrected chi connectivity index (χ0v) is 8.40. The van der Waals surface area contributed by atoms with E-state index >= 15 is 0 Å². The van der Waals surface area contributed by atoms with Gasteiger partial charge in [0.25, 0.3) is 0 Å². The lowest BCUT2D eigenvalue weighted by molar-refractivity contribution is -0.0651. The second-order valence-corrected chi connectivity index (χ2v) is 3.37. The van der Waals surface area contributed by atoms with Crippen LogP contribution in [0.3, 0.4) is 0 Å². The summed E-state index contributed by atoms with van der Waals surface area (Å²) in [6.07, 6.45) is -0.389. The molecule has 1 saturated heterocycles. The minimum absolute atomic E-state index is 0.0984. The fourth-order valence-electron chi connectivity index (χ4n) is 1.43. The van der Waals surface area contributed by atoms with Crippen molar-refractivity contribution in [1.29, 1.82) is 0 Å². The molecule has 0 spiro atoms. The Morgan fingerprint density at radius 2 is 2.08 bits per heavy atom. The smallest absolute Gasteiger partial charge is 0.170 e. The first kappa shape index (κ1) is 10.9. The third kappa shape index (κ3) is 4.04. The summed E-state index contributed by atoms with van der Waals surface area (Å²) >= 11 is 0. The number of aliphatic hydroxyl groups is 1. The van der Waals surface area contributed by atoms with Crippen molar-refractivity contribution in [2.75, 3.05) is 32.8 Å². The predicted molar refractivity (Wildman–Crippen MR) is 49.5 cm³/mol. The van der Waals surface area contributed by atoms with Gasteiger partial charge in [0.2, 0.25) is 0 Å². The third-order valence-corrected chi connectivity index (χ3v) is 2.07. The molecule has 1 fully saturated rings. The second-order valence-electron chi connectivity index (χ2n) is 3.37. The second kappa shape index (κ2) is 5.54. The van der Waals surface area contributed by atoms with Crippen molar-refractivity contribution in [3.8, 4) is 0 Å². The average molecular weight is 189 g/mol. The van der Waals surface area contributed by atoms with Gasteiger partial charge in [-0.2, -0.15) is 0 Å². The zero-order valence-electron chi connectivity index (χ0n) is 8.40. The fourth-order valence-corrected chi connectivity index (χ4v) is 1.43. The first-order chi connectivity index (χ1) is 6.22. The van der Waals surface area contributed by atoms with Crippen LogP contribution in [0.25, 0.3) is 0 Å². The van der Waals surface area contributed by atoms with E-state index in [0.29, 0.717) is 19.8 Å². The van der Waals surface area contributed by atoms with E-state index in [1.54, 1.807) is 6.92 Å². The van der Waals surface area contributed by atoms with Crippen molar-refractivity contribution in [2.45, 2.75) is 26.2 Å². The standard InChI is InChI=1S/C9H19NO3/c1-3-10(6-8(2)11)7-9-12-4-5-13-9/h8-9,11H,3-7H2,1-2H3/t8-/m0/s1. The van der Waals surface area contributed by atoms with Gasteiger partial charge in [0.15, 0.2) is 6.29 Å². The first-order valence-corrected chi connectivity index (χ1v) is 4.86. The van der Waals surface area contributed by atoms with Crippen molar-refractivity contribution in [3.63, 3.8) is 0 Å². The molecule has 1 aliphatic heterocycles. The Kier molecular flexibility index (Phi) is 4.66. The van der Waals surface area contributed by atoms with Crippen molar-refractivity contribution in [1.82, 2.24) is 4.90 Å². The summed E-state index contributed by atoms with van der Waals surface area (Å²) in [6.45, 7) is 7.58. The maximum Gasteiger partial charge on any atom is 0.170 e. The molecule has 1 atom stereocenters. The van der Waals surface area contributed by atoms with Crippen LogP contribution in [-0.4, -0.2) is 55.2 Å². The number of nitrogens with zero attached hydrogens (tertiary/aromatic N) is 1. The maximum atomic E-state index is 9.20. The molecular formula is C9H19NO3. The van der Waals surface area contributed by atoms with Gasteiger partial charge in [0.05, 0.1) is 19.3 Å². The summed E-state index contributed by atoms with van der Waals surface area (Å²) in [5.74, 6) is 0. The van der Waals surface area contributed by atoms with Crippen molar-refractivity contribution in [3.05, 3.63) is 0 Å². The molecule has 0 aromatic heterocycles. The predicted octanol–water partition coefficient (Wildman–Crippen LogP) is 0.0620. The van der Waals surface area contributed by atoms with E-state index < -0.39 is 0 Å². The van der Waals surface area contributed by atoms with E-state index in [2.05, 4.69) is 11.8 Å². The van der Waals surface area contributed by atoms with Crippen LogP contribution < -0.4 is 0 Å². The van der Waals surface area contributed by atoms with E-state index in [1.165, 1.54) is 0 Å². The van der Waals surface area contributed by atoms with Crippen LogP contribution in [0.5, 0.6) is 0 Å². The molecule has 0 radical (unpaired) electrons. The van der Waals surface area contributed by atoms with Crippen molar-refractivity contribution >= 4 is 0 Å². The number of aliphatic hydroxyl groups excluding tert-OH is 1. The van der Waals surface area contributed by atoms with Crippen LogP contribution in [0.4, 0.5) is 0 Å². The molecule has 1 rings (SSSR count). The van der Waals surface area contributed by atoms with Crippen LogP contribution in [-0.2, 0) is 9.47 Å². The van der Waals surface area contributed by atoms with E-state index in [0.717, 1.165) is 13.1 Å². The number of hydrogen-bond acceptors (Lipinski definition) is 4. The molecular weight excluding hydrogens is 170 g/mol. The normalized spacial score (nSPS) is 21.2. The molecule has 1 N–H and O–H groups in total. The van der Waals surface area contributed by atoms with Crippen LogP contribution in [0.1, 0.15) is 13.8 Å². The quantitative estimate of drug-likeness (QED) is 0.664. The highest BCUT2D eigenvalue weighted by molar-refractivity contribution is 4.63. The highest BCUT2D eigenvalue weighted by Crippen LogP contribution is 2.06. The summed E-state index contributed by atoms with van der Waals surface area (Å²) < 4.78 is 10.6. The summed E-state index contributed by atoms with van der Waals surface area (Å²) in [7, 11) is 0. The highest BCUT2D eigenvalue weighted by Gasteiger charge is 2.19. The minimum atomic E-state index is -0.290. The molecule has 0 saturated carbocycles. The van der Waals surface area contributed by atoms with Crippen LogP contribution in [0, 0.1) is 0 Å².